The van der Waals surface area contributed by atoms with Gasteiger partial charge in [0.1, 0.15) is 12.0 Å². The number of hydrogen-bond donors (Lipinski definition) is 1. The van der Waals surface area contributed by atoms with Crippen LogP contribution in [0.5, 0.6) is 0 Å². The van der Waals surface area contributed by atoms with Gasteiger partial charge in [-0.15, -0.1) is 0 Å². The molecule has 0 aliphatic rings. The first-order valence-electron chi connectivity index (χ1n) is 5.90. The molecule has 0 heterocycles. The molecule has 1 atom stereocenters. The molecule has 1 amide bonds. The Labute approximate surface area is 103 Å². The van der Waals surface area contributed by atoms with Gasteiger partial charge in [-0.25, -0.2) is 4.39 Å². The highest BCUT2D eigenvalue weighted by atomic mass is 19.1. The third kappa shape index (κ3) is 6.39. The van der Waals surface area contributed by atoms with Crippen LogP contribution in [0.1, 0.15) is 48.0 Å². The van der Waals surface area contributed by atoms with E-state index in [4.69, 9.17) is 0 Å². The molecule has 0 fully saturated rings. The van der Waals surface area contributed by atoms with Crippen molar-refractivity contribution < 1.29 is 14.0 Å². The fourth-order valence-electron chi connectivity index (χ4n) is 1.05. The molecule has 0 aliphatic heterocycles. The van der Waals surface area contributed by atoms with Gasteiger partial charge in [0.05, 0.1) is 0 Å². The van der Waals surface area contributed by atoms with Gasteiger partial charge in [-0.3, -0.25) is 9.59 Å². The molecule has 0 unspecified atom stereocenters. The van der Waals surface area contributed by atoms with Crippen LogP contribution in [0.15, 0.2) is 0 Å². The Hall–Kier alpha value is -0.930. The molecule has 0 aliphatic carbocycles. The van der Waals surface area contributed by atoms with E-state index in [1.165, 1.54) is 0 Å². The Balaban J connectivity index is 4.10. The maximum atomic E-state index is 13.5. The number of carbonyl (C=O) groups is 2. The van der Waals surface area contributed by atoms with E-state index in [0.717, 1.165) is 0 Å². The summed E-state index contributed by atoms with van der Waals surface area (Å²) >= 11 is 0. The van der Waals surface area contributed by atoms with Gasteiger partial charge >= 0.3 is 0 Å². The molecule has 0 aromatic heterocycles. The van der Waals surface area contributed by atoms with Crippen LogP contribution in [0.3, 0.4) is 0 Å². The highest BCUT2D eigenvalue weighted by Gasteiger charge is 2.26. The first kappa shape index (κ1) is 16.1. The van der Waals surface area contributed by atoms with Crippen molar-refractivity contribution >= 4 is 11.7 Å². The maximum Gasteiger partial charge on any atom is 0.225 e. The standard InChI is InChI=1S/C13H24FNO2/c1-12(2,3)10(16)7-9(14)8-15-11(17)13(4,5)6/h9H,7-8H2,1-6H3,(H,15,17)/t9-/m1/s1. The summed E-state index contributed by atoms with van der Waals surface area (Å²) in [4.78, 5) is 23.1. The van der Waals surface area contributed by atoms with Crippen LogP contribution in [-0.2, 0) is 9.59 Å². The largest absolute Gasteiger partial charge is 0.353 e. The van der Waals surface area contributed by atoms with Crippen LogP contribution in [0, 0.1) is 10.8 Å². The summed E-state index contributed by atoms with van der Waals surface area (Å²) in [5.74, 6) is -0.335. The molecule has 100 valence electrons. The lowest BCUT2D eigenvalue weighted by molar-refractivity contribution is -0.130. The predicted molar refractivity (Wildman–Crippen MR) is 66.4 cm³/mol. The minimum Gasteiger partial charge on any atom is -0.353 e. The molecule has 17 heavy (non-hydrogen) atoms. The Morgan fingerprint density at radius 3 is 1.88 bits per heavy atom. The molecular formula is C13H24FNO2. The molecule has 0 aromatic rings. The van der Waals surface area contributed by atoms with Crippen LogP contribution in [0.4, 0.5) is 4.39 Å². The average Bonchev–Trinajstić information content (AvgIpc) is 2.10. The molecule has 0 spiro atoms. The molecule has 0 bridgehead atoms. The molecule has 0 saturated heterocycles. The number of carbonyl (C=O) groups excluding carboxylic acids is 2. The Bertz CT molecular complexity index is 287. The quantitative estimate of drug-likeness (QED) is 0.827. The molecule has 4 heteroatoms. The smallest absolute Gasteiger partial charge is 0.225 e. The zero-order chi connectivity index (χ0) is 13.9. The fraction of sp³-hybridized carbons (Fsp3) is 0.846. The lowest BCUT2D eigenvalue weighted by atomic mass is 9.88. The highest BCUT2D eigenvalue weighted by Crippen LogP contribution is 2.19. The molecule has 0 saturated carbocycles. The summed E-state index contributed by atoms with van der Waals surface area (Å²) in [6, 6.07) is 0. The number of Topliss-reactive ketones (excluding diaryl/α,β-unsaturated/α-hetero) is 1. The van der Waals surface area contributed by atoms with E-state index in [-0.39, 0.29) is 24.7 Å². The number of alkyl halides is 1. The SMILES string of the molecule is CC(C)(C)C(=O)C[C@@H](F)CNC(=O)C(C)(C)C. The van der Waals surface area contributed by atoms with Crippen molar-refractivity contribution in [1.29, 1.82) is 0 Å². The summed E-state index contributed by atoms with van der Waals surface area (Å²) in [5.41, 5.74) is -1.06. The summed E-state index contributed by atoms with van der Waals surface area (Å²) in [6.07, 6.45) is -1.46. The number of rotatable bonds is 4. The number of amides is 1. The number of nitrogens with one attached hydrogen (secondary N) is 1. The van der Waals surface area contributed by atoms with Gasteiger partial charge in [-0.1, -0.05) is 41.5 Å². The first-order valence-corrected chi connectivity index (χ1v) is 5.90. The molecular weight excluding hydrogens is 221 g/mol. The van der Waals surface area contributed by atoms with E-state index < -0.39 is 17.0 Å². The number of hydrogen-bond acceptors (Lipinski definition) is 2. The Morgan fingerprint density at radius 2 is 1.53 bits per heavy atom. The van der Waals surface area contributed by atoms with Crippen molar-refractivity contribution in [3.8, 4) is 0 Å². The minimum absolute atomic E-state index is 0.0993. The normalized spacial score (nSPS) is 14.3. The summed E-state index contributed by atoms with van der Waals surface area (Å²) in [5, 5.41) is 2.51. The van der Waals surface area contributed by atoms with Crippen molar-refractivity contribution in [2.75, 3.05) is 6.54 Å². The Kier molecular flexibility index (Phi) is 5.30. The average molecular weight is 245 g/mol. The van der Waals surface area contributed by atoms with E-state index in [0.29, 0.717) is 0 Å². The highest BCUT2D eigenvalue weighted by molar-refractivity contribution is 5.84. The zero-order valence-corrected chi connectivity index (χ0v) is 11.7. The Morgan fingerprint density at radius 1 is 1.06 bits per heavy atom. The summed E-state index contributed by atoms with van der Waals surface area (Å²) < 4.78 is 13.5. The van der Waals surface area contributed by atoms with Gasteiger partial charge < -0.3 is 5.32 Å². The molecule has 0 aromatic carbocycles. The predicted octanol–water partition coefficient (Wildman–Crippen LogP) is 2.49. The zero-order valence-electron chi connectivity index (χ0n) is 11.7. The molecule has 3 nitrogen and oxygen atoms in total. The lowest BCUT2D eigenvalue weighted by Gasteiger charge is -2.20. The van der Waals surface area contributed by atoms with E-state index in [9.17, 15) is 14.0 Å². The second-order valence-electron chi connectivity index (χ2n) is 6.43. The van der Waals surface area contributed by atoms with Gasteiger partial charge in [0.15, 0.2) is 0 Å². The van der Waals surface area contributed by atoms with Gasteiger partial charge in [0.2, 0.25) is 5.91 Å². The minimum atomic E-state index is -1.31. The second kappa shape index (κ2) is 5.61. The van der Waals surface area contributed by atoms with Crippen LogP contribution in [0.25, 0.3) is 0 Å². The lowest BCUT2D eigenvalue weighted by Crippen LogP contribution is -2.39. The van der Waals surface area contributed by atoms with E-state index in [1.807, 2.05) is 0 Å². The van der Waals surface area contributed by atoms with Crippen molar-refractivity contribution in [3.05, 3.63) is 0 Å². The maximum absolute atomic E-state index is 13.5. The summed E-state index contributed by atoms with van der Waals surface area (Å²) in [6.45, 7) is 10.5. The van der Waals surface area contributed by atoms with Crippen molar-refractivity contribution in [2.24, 2.45) is 10.8 Å². The van der Waals surface area contributed by atoms with E-state index in [1.54, 1.807) is 41.5 Å². The molecule has 0 rings (SSSR count). The van der Waals surface area contributed by atoms with Crippen LogP contribution >= 0.6 is 0 Å². The van der Waals surface area contributed by atoms with Crippen LogP contribution in [0.2, 0.25) is 0 Å². The number of halogens is 1. The van der Waals surface area contributed by atoms with Crippen molar-refractivity contribution in [1.82, 2.24) is 5.32 Å². The van der Waals surface area contributed by atoms with E-state index in [2.05, 4.69) is 5.32 Å². The molecule has 0 radical (unpaired) electrons. The first-order chi connectivity index (χ1) is 7.44. The third-order valence-corrected chi connectivity index (χ3v) is 2.41. The summed E-state index contributed by atoms with van der Waals surface area (Å²) in [7, 11) is 0. The molecule has 1 N–H and O–H groups in total. The monoisotopic (exact) mass is 245 g/mol. The second-order valence-corrected chi connectivity index (χ2v) is 6.43. The van der Waals surface area contributed by atoms with Crippen LogP contribution in [-0.4, -0.2) is 24.4 Å². The topological polar surface area (TPSA) is 46.2 Å². The third-order valence-electron chi connectivity index (χ3n) is 2.41. The van der Waals surface area contributed by atoms with Crippen LogP contribution < -0.4 is 5.32 Å². The van der Waals surface area contributed by atoms with E-state index >= 15 is 0 Å². The van der Waals surface area contributed by atoms with Gasteiger partial charge in [0.25, 0.3) is 0 Å². The fourth-order valence-corrected chi connectivity index (χ4v) is 1.05. The number of ketones is 1. The van der Waals surface area contributed by atoms with Gasteiger partial charge in [-0.2, -0.15) is 0 Å². The van der Waals surface area contributed by atoms with Crippen molar-refractivity contribution in [2.45, 2.75) is 54.1 Å². The van der Waals surface area contributed by atoms with Gasteiger partial charge in [0, 0.05) is 23.8 Å². The van der Waals surface area contributed by atoms with Gasteiger partial charge in [-0.05, 0) is 0 Å². The van der Waals surface area contributed by atoms with Crippen molar-refractivity contribution in [3.63, 3.8) is 0 Å².